The lowest BCUT2D eigenvalue weighted by Crippen LogP contribution is -2.47. The molecule has 3 rings (SSSR count). The molecule has 23 heavy (non-hydrogen) atoms. The molecule has 0 unspecified atom stereocenters. The van der Waals surface area contributed by atoms with Crippen LogP contribution in [-0.4, -0.2) is 46.3 Å². The summed E-state index contributed by atoms with van der Waals surface area (Å²) >= 11 is 0. The van der Waals surface area contributed by atoms with Gasteiger partial charge in [-0.25, -0.2) is 0 Å². The quantitative estimate of drug-likeness (QED) is 0.869. The van der Waals surface area contributed by atoms with Crippen LogP contribution in [0, 0.1) is 6.92 Å². The molecule has 3 heterocycles. The van der Waals surface area contributed by atoms with Crippen molar-refractivity contribution in [3.63, 3.8) is 0 Å². The van der Waals surface area contributed by atoms with Crippen molar-refractivity contribution in [2.75, 3.05) is 25.0 Å². The van der Waals surface area contributed by atoms with Gasteiger partial charge in [-0.15, -0.1) is 5.10 Å². The Labute approximate surface area is 138 Å². The summed E-state index contributed by atoms with van der Waals surface area (Å²) < 4.78 is 0. The van der Waals surface area contributed by atoms with Crippen LogP contribution in [0.5, 0.6) is 0 Å². The van der Waals surface area contributed by atoms with Crippen molar-refractivity contribution in [3.8, 4) is 0 Å². The summed E-state index contributed by atoms with van der Waals surface area (Å²) in [6.07, 6.45) is 6.20. The number of piperidine rings is 1. The number of hydrogen-bond donors (Lipinski definition) is 0. The number of rotatable bonds is 4. The summed E-state index contributed by atoms with van der Waals surface area (Å²) in [5.74, 6) is 0.989. The minimum atomic E-state index is 0.359. The van der Waals surface area contributed by atoms with Gasteiger partial charge in [0, 0.05) is 37.6 Å². The number of nitrogens with zero attached hydrogens (tertiary/aromatic N) is 5. The second-order valence-electron chi connectivity index (χ2n) is 6.40. The highest BCUT2D eigenvalue weighted by Gasteiger charge is 2.27. The Morgan fingerprint density at radius 1 is 1.26 bits per heavy atom. The van der Waals surface area contributed by atoms with E-state index in [4.69, 9.17) is 0 Å². The molecular weight excluding hydrogens is 286 g/mol. The number of likely N-dealkylation sites (N-methyl/N-ethyl adjacent to an activating group) is 1. The lowest BCUT2D eigenvalue weighted by Gasteiger charge is -2.40. The van der Waals surface area contributed by atoms with E-state index in [1.165, 1.54) is 18.4 Å². The molecule has 5 heteroatoms. The molecule has 1 fully saturated rings. The van der Waals surface area contributed by atoms with Crippen LogP contribution in [-0.2, 0) is 0 Å². The van der Waals surface area contributed by atoms with Crippen molar-refractivity contribution in [2.24, 2.45) is 0 Å². The van der Waals surface area contributed by atoms with E-state index >= 15 is 0 Å². The predicted octanol–water partition coefficient (Wildman–Crippen LogP) is 2.84. The van der Waals surface area contributed by atoms with Crippen molar-refractivity contribution in [2.45, 2.75) is 38.8 Å². The number of aromatic nitrogens is 3. The smallest absolute Gasteiger partial charge is 0.151 e. The maximum absolute atomic E-state index is 4.35. The summed E-state index contributed by atoms with van der Waals surface area (Å²) in [5, 5.41) is 8.54. The maximum Gasteiger partial charge on any atom is 0.151 e. The largest absolute Gasteiger partial charge is 0.354 e. The standard InChI is InChI=1S/C18H25N5/c1-14-8-9-18(21-20-14)23-11-5-7-17(13-23)22(3)15(2)16-6-4-10-19-12-16/h4,6,8-10,12,15,17H,5,7,11,13H2,1-3H3/t15-,17+/m0/s1. The highest BCUT2D eigenvalue weighted by Crippen LogP contribution is 2.26. The van der Waals surface area contributed by atoms with Crippen LogP contribution in [0.2, 0.25) is 0 Å². The summed E-state index contributed by atoms with van der Waals surface area (Å²) in [5.41, 5.74) is 2.23. The Morgan fingerprint density at radius 3 is 2.83 bits per heavy atom. The van der Waals surface area contributed by atoms with Gasteiger partial charge in [0.05, 0.1) is 5.69 Å². The topological polar surface area (TPSA) is 45.2 Å². The molecule has 0 aromatic carbocycles. The van der Waals surface area contributed by atoms with Gasteiger partial charge >= 0.3 is 0 Å². The van der Waals surface area contributed by atoms with Gasteiger partial charge < -0.3 is 4.90 Å². The van der Waals surface area contributed by atoms with E-state index in [0.29, 0.717) is 12.1 Å². The van der Waals surface area contributed by atoms with Crippen LogP contribution in [0.4, 0.5) is 5.82 Å². The number of pyridine rings is 1. The van der Waals surface area contributed by atoms with Crippen molar-refractivity contribution in [1.82, 2.24) is 20.1 Å². The van der Waals surface area contributed by atoms with Gasteiger partial charge in [-0.2, -0.15) is 5.10 Å². The Morgan fingerprint density at radius 2 is 2.13 bits per heavy atom. The van der Waals surface area contributed by atoms with Crippen LogP contribution in [0.1, 0.15) is 37.1 Å². The first-order valence-electron chi connectivity index (χ1n) is 8.32. The lowest BCUT2D eigenvalue weighted by molar-refractivity contribution is 0.165. The van der Waals surface area contributed by atoms with E-state index in [1.807, 2.05) is 31.5 Å². The third kappa shape index (κ3) is 3.67. The van der Waals surface area contributed by atoms with Gasteiger partial charge in [-0.1, -0.05) is 6.07 Å². The van der Waals surface area contributed by atoms with Crippen molar-refractivity contribution >= 4 is 5.82 Å². The summed E-state index contributed by atoms with van der Waals surface area (Å²) in [7, 11) is 2.21. The van der Waals surface area contributed by atoms with Crippen LogP contribution in [0.25, 0.3) is 0 Å². The van der Waals surface area contributed by atoms with Gasteiger partial charge in [0.1, 0.15) is 0 Å². The van der Waals surface area contributed by atoms with Gasteiger partial charge in [-0.05, 0) is 57.5 Å². The molecule has 0 radical (unpaired) electrons. The highest BCUT2D eigenvalue weighted by atomic mass is 15.3. The molecule has 2 aromatic heterocycles. The maximum atomic E-state index is 4.35. The molecule has 0 aliphatic carbocycles. The van der Waals surface area contributed by atoms with E-state index < -0.39 is 0 Å². The zero-order valence-corrected chi connectivity index (χ0v) is 14.2. The molecule has 2 atom stereocenters. The fourth-order valence-electron chi connectivity index (χ4n) is 3.23. The zero-order valence-electron chi connectivity index (χ0n) is 14.2. The average molecular weight is 311 g/mol. The van der Waals surface area contributed by atoms with Crippen molar-refractivity contribution in [1.29, 1.82) is 0 Å². The fraction of sp³-hybridized carbons (Fsp3) is 0.500. The Bertz CT molecular complexity index is 613. The molecule has 2 aromatic rings. The Kier molecular flexibility index (Phi) is 4.86. The second kappa shape index (κ2) is 7.04. The minimum absolute atomic E-state index is 0.359. The van der Waals surface area contributed by atoms with Gasteiger partial charge in [0.25, 0.3) is 0 Å². The van der Waals surface area contributed by atoms with Crippen LogP contribution in [0.15, 0.2) is 36.7 Å². The Hall–Kier alpha value is -2.01. The summed E-state index contributed by atoms with van der Waals surface area (Å²) in [6, 6.07) is 9.15. The number of hydrogen-bond acceptors (Lipinski definition) is 5. The van der Waals surface area contributed by atoms with Gasteiger partial charge in [-0.3, -0.25) is 9.88 Å². The monoisotopic (exact) mass is 311 g/mol. The molecule has 0 N–H and O–H groups in total. The molecular formula is C18H25N5. The van der Waals surface area contributed by atoms with E-state index in [9.17, 15) is 0 Å². The second-order valence-corrected chi connectivity index (χ2v) is 6.40. The number of anilines is 1. The molecule has 1 aliphatic rings. The van der Waals surface area contributed by atoms with Crippen molar-refractivity contribution in [3.05, 3.63) is 47.9 Å². The van der Waals surface area contributed by atoms with E-state index in [-0.39, 0.29) is 0 Å². The lowest BCUT2D eigenvalue weighted by atomic mass is 10.0. The molecule has 0 bridgehead atoms. The van der Waals surface area contributed by atoms with E-state index in [0.717, 1.165) is 24.6 Å². The third-order valence-electron chi connectivity index (χ3n) is 4.86. The highest BCUT2D eigenvalue weighted by molar-refractivity contribution is 5.38. The third-order valence-corrected chi connectivity index (χ3v) is 4.86. The molecule has 1 aliphatic heterocycles. The summed E-state index contributed by atoms with van der Waals surface area (Å²) in [4.78, 5) is 9.07. The molecule has 5 nitrogen and oxygen atoms in total. The predicted molar refractivity (Wildman–Crippen MR) is 92.4 cm³/mol. The average Bonchev–Trinajstić information content (AvgIpc) is 2.62. The first kappa shape index (κ1) is 15.9. The van der Waals surface area contributed by atoms with Crippen LogP contribution >= 0.6 is 0 Å². The first-order chi connectivity index (χ1) is 11.1. The molecule has 122 valence electrons. The Balaban J connectivity index is 1.69. The first-order valence-corrected chi connectivity index (χ1v) is 8.32. The van der Waals surface area contributed by atoms with Crippen LogP contribution < -0.4 is 4.90 Å². The SMILES string of the molecule is Cc1ccc(N2CCC[C@@H](N(C)[C@@H](C)c3cccnc3)C2)nn1. The zero-order chi connectivity index (χ0) is 16.2. The van der Waals surface area contributed by atoms with Crippen molar-refractivity contribution < 1.29 is 0 Å². The van der Waals surface area contributed by atoms with Crippen LogP contribution in [0.3, 0.4) is 0 Å². The molecule has 1 saturated heterocycles. The van der Waals surface area contributed by atoms with E-state index in [1.54, 1.807) is 0 Å². The minimum Gasteiger partial charge on any atom is -0.354 e. The van der Waals surface area contributed by atoms with E-state index in [2.05, 4.69) is 51.1 Å². The van der Waals surface area contributed by atoms with Gasteiger partial charge in [0.15, 0.2) is 5.82 Å². The number of aryl methyl sites for hydroxylation is 1. The fourth-order valence-corrected chi connectivity index (χ4v) is 3.23. The molecule has 0 saturated carbocycles. The molecule has 0 amide bonds. The molecule has 0 spiro atoms. The van der Waals surface area contributed by atoms with Gasteiger partial charge in [0.2, 0.25) is 0 Å². The summed E-state index contributed by atoms with van der Waals surface area (Å²) in [6.45, 7) is 6.28. The normalized spacial score (nSPS) is 19.8.